The van der Waals surface area contributed by atoms with Crippen LogP contribution in [0.4, 0.5) is 17.1 Å². The lowest BCUT2D eigenvalue weighted by molar-refractivity contribution is 0.569. The topological polar surface area (TPSA) is 16.4 Å². The molecular weight excluding hydrogens is 787 g/mol. The van der Waals surface area contributed by atoms with Crippen molar-refractivity contribution in [2.45, 2.75) is 71.6 Å². The van der Waals surface area contributed by atoms with Crippen molar-refractivity contribution in [3.05, 3.63) is 210 Å². The molecule has 1 heterocycles. The Labute approximate surface area is 383 Å². The molecule has 0 fully saturated rings. The largest absolute Gasteiger partial charge is 0.456 e. The molecule has 0 spiro atoms. The number of anilines is 3. The van der Waals surface area contributed by atoms with E-state index in [1.165, 1.54) is 66.4 Å². The quantitative estimate of drug-likeness (QED) is 0.166. The van der Waals surface area contributed by atoms with E-state index in [9.17, 15) is 0 Å². The van der Waals surface area contributed by atoms with Crippen LogP contribution < -0.4 is 4.90 Å². The molecule has 2 heteroatoms. The molecule has 10 aromatic rings. The van der Waals surface area contributed by atoms with Crippen LogP contribution in [0.3, 0.4) is 0 Å². The maximum Gasteiger partial charge on any atom is 0.137 e. The Balaban J connectivity index is 1.19. The fourth-order valence-corrected chi connectivity index (χ4v) is 10.5. The standard InChI is InChI=1S/C63H55NO/c1-61(2,3)43-36-42(37-44(39-43)62(4,5)6)46-26-17-20-40-21-18-27-50(59(40)46)49-24-11-15-30-55(49)64(56-31-19-33-58-60(56)51-25-12-16-32-57(51)65-58)54-29-14-10-22-45(54)41-34-35-48-47-23-9-13-28-52(47)63(7,8)53(48)38-41/h9-39H,1-8H3. The molecule has 0 radical (unpaired) electrons. The molecule has 0 bridgehead atoms. The van der Waals surface area contributed by atoms with E-state index in [2.05, 4.69) is 248 Å². The smallest absolute Gasteiger partial charge is 0.137 e. The monoisotopic (exact) mass is 841 g/mol. The first kappa shape index (κ1) is 40.6. The summed E-state index contributed by atoms with van der Waals surface area (Å²) in [5.74, 6) is 0. The predicted octanol–water partition coefficient (Wildman–Crippen LogP) is 18.1. The van der Waals surface area contributed by atoms with E-state index in [0.29, 0.717) is 0 Å². The maximum absolute atomic E-state index is 6.61. The number of rotatable bonds is 6. The van der Waals surface area contributed by atoms with Gasteiger partial charge in [-0.25, -0.2) is 0 Å². The Morgan fingerprint density at radius 3 is 1.65 bits per heavy atom. The normalized spacial score (nSPS) is 13.4. The lowest BCUT2D eigenvalue weighted by Crippen LogP contribution is -2.16. The van der Waals surface area contributed by atoms with E-state index in [0.717, 1.165) is 50.1 Å². The first-order chi connectivity index (χ1) is 31.3. The Morgan fingerprint density at radius 1 is 0.385 bits per heavy atom. The first-order valence-corrected chi connectivity index (χ1v) is 23.1. The zero-order valence-corrected chi connectivity index (χ0v) is 38.8. The van der Waals surface area contributed by atoms with Gasteiger partial charge >= 0.3 is 0 Å². The zero-order valence-electron chi connectivity index (χ0n) is 38.8. The number of hydrogen-bond donors (Lipinski definition) is 0. The van der Waals surface area contributed by atoms with Crippen molar-refractivity contribution in [2.75, 3.05) is 4.90 Å². The number of hydrogen-bond acceptors (Lipinski definition) is 2. The van der Waals surface area contributed by atoms with Gasteiger partial charge in [0.1, 0.15) is 11.2 Å². The molecule has 1 aliphatic rings. The molecule has 0 saturated carbocycles. The number of fused-ring (bicyclic) bond motifs is 7. The van der Waals surface area contributed by atoms with Crippen molar-refractivity contribution in [2.24, 2.45) is 0 Å². The molecule has 0 aliphatic heterocycles. The molecule has 0 unspecified atom stereocenters. The second-order valence-corrected chi connectivity index (χ2v) is 20.6. The Hall–Kier alpha value is -7.16. The highest BCUT2D eigenvalue weighted by Gasteiger charge is 2.36. The fraction of sp³-hybridized carbons (Fsp3) is 0.175. The van der Waals surface area contributed by atoms with E-state index >= 15 is 0 Å². The molecule has 1 aromatic heterocycles. The molecular formula is C63H55NO. The van der Waals surface area contributed by atoms with Crippen LogP contribution in [0.5, 0.6) is 0 Å². The lowest BCUT2D eigenvalue weighted by atomic mass is 9.78. The highest BCUT2D eigenvalue weighted by molar-refractivity contribution is 6.15. The van der Waals surface area contributed by atoms with E-state index in [1.807, 2.05) is 0 Å². The summed E-state index contributed by atoms with van der Waals surface area (Å²) in [5.41, 5.74) is 20.1. The summed E-state index contributed by atoms with van der Waals surface area (Å²) >= 11 is 0. The van der Waals surface area contributed by atoms with Crippen LogP contribution in [0.25, 0.3) is 77.2 Å². The lowest BCUT2D eigenvalue weighted by Gasteiger charge is -2.31. The van der Waals surface area contributed by atoms with Crippen LogP contribution in [0.1, 0.15) is 77.6 Å². The molecule has 65 heavy (non-hydrogen) atoms. The third kappa shape index (κ3) is 6.69. The van der Waals surface area contributed by atoms with Crippen LogP contribution in [0.15, 0.2) is 192 Å². The van der Waals surface area contributed by atoms with Crippen LogP contribution >= 0.6 is 0 Å². The van der Waals surface area contributed by atoms with Gasteiger partial charge in [0.2, 0.25) is 0 Å². The summed E-state index contributed by atoms with van der Waals surface area (Å²) in [6.07, 6.45) is 0. The van der Waals surface area contributed by atoms with Gasteiger partial charge in [0, 0.05) is 21.9 Å². The maximum atomic E-state index is 6.61. The number of furan rings is 1. The van der Waals surface area contributed by atoms with E-state index in [4.69, 9.17) is 4.42 Å². The van der Waals surface area contributed by atoms with Gasteiger partial charge in [-0.3, -0.25) is 0 Å². The second kappa shape index (κ2) is 15.0. The van der Waals surface area contributed by atoms with Crippen molar-refractivity contribution in [3.63, 3.8) is 0 Å². The highest BCUT2D eigenvalue weighted by Crippen LogP contribution is 2.53. The fourth-order valence-electron chi connectivity index (χ4n) is 10.5. The molecule has 2 nitrogen and oxygen atoms in total. The molecule has 318 valence electrons. The second-order valence-electron chi connectivity index (χ2n) is 20.6. The summed E-state index contributed by atoms with van der Waals surface area (Å²) in [5, 5.41) is 4.64. The van der Waals surface area contributed by atoms with Gasteiger partial charge in [0.15, 0.2) is 0 Å². The number of nitrogens with zero attached hydrogens (tertiary/aromatic N) is 1. The van der Waals surface area contributed by atoms with E-state index in [1.54, 1.807) is 0 Å². The highest BCUT2D eigenvalue weighted by atomic mass is 16.3. The van der Waals surface area contributed by atoms with Crippen molar-refractivity contribution in [3.8, 4) is 44.5 Å². The average molecular weight is 842 g/mol. The van der Waals surface area contributed by atoms with Crippen LogP contribution in [0.2, 0.25) is 0 Å². The van der Waals surface area contributed by atoms with E-state index < -0.39 is 0 Å². The van der Waals surface area contributed by atoms with Crippen molar-refractivity contribution in [1.82, 2.24) is 0 Å². The predicted molar refractivity (Wildman–Crippen MR) is 277 cm³/mol. The van der Waals surface area contributed by atoms with Gasteiger partial charge in [-0.15, -0.1) is 0 Å². The minimum atomic E-state index is -0.128. The third-order valence-corrected chi connectivity index (χ3v) is 14.0. The van der Waals surface area contributed by atoms with Gasteiger partial charge in [-0.2, -0.15) is 0 Å². The Bertz CT molecular complexity index is 3460. The molecule has 11 rings (SSSR count). The number of para-hydroxylation sites is 3. The van der Waals surface area contributed by atoms with Gasteiger partial charge in [0.05, 0.1) is 22.4 Å². The van der Waals surface area contributed by atoms with Gasteiger partial charge in [0.25, 0.3) is 0 Å². The van der Waals surface area contributed by atoms with Crippen molar-refractivity contribution >= 4 is 49.8 Å². The zero-order chi connectivity index (χ0) is 44.8. The SMILES string of the molecule is CC(C)(C)c1cc(-c2cccc3cccc(-c4ccccc4N(c4ccccc4-c4ccc5c(c4)C(C)(C)c4ccccc4-5)c4cccc5oc6ccccc6c45)c23)cc(C(C)(C)C)c1. The van der Waals surface area contributed by atoms with Crippen LogP contribution in [0, 0.1) is 0 Å². The average Bonchev–Trinajstić information content (AvgIpc) is 3.80. The molecule has 1 aliphatic carbocycles. The van der Waals surface area contributed by atoms with Gasteiger partial charge < -0.3 is 9.32 Å². The van der Waals surface area contributed by atoms with Crippen LogP contribution in [-0.2, 0) is 16.2 Å². The molecule has 9 aromatic carbocycles. The minimum Gasteiger partial charge on any atom is -0.456 e. The first-order valence-electron chi connectivity index (χ1n) is 23.1. The minimum absolute atomic E-state index is 0.0131. The van der Waals surface area contributed by atoms with Gasteiger partial charge in [-0.1, -0.05) is 207 Å². The third-order valence-electron chi connectivity index (χ3n) is 14.0. The molecule has 0 N–H and O–H groups in total. The van der Waals surface area contributed by atoms with Crippen molar-refractivity contribution in [1.29, 1.82) is 0 Å². The summed E-state index contributed by atoms with van der Waals surface area (Å²) < 4.78 is 6.61. The van der Waals surface area contributed by atoms with Gasteiger partial charge in [-0.05, 0) is 114 Å². The Morgan fingerprint density at radius 2 is 0.923 bits per heavy atom. The number of benzene rings is 9. The summed E-state index contributed by atoms with van der Waals surface area (Å²) in [6.45, 7) is 18.7. The van der Waals surface area contributed by atoms with Crippen LogP contribution in [-0.4, -0.2) is 0 Å². The van der Waals surface area contributed by atoms with E-state index in [-0.39, 0.29) is 16.2 Å². The van der Waals surface area contributed by atoms with Crippen molar-refractivity contribution < 1.29 is 4.42 Å². The molecule has 0 amide bonds. The summed E-state index contributed by atoms with van der Waals surface area (Å²) in [6, 6.07) is 69.8. The summed E-state index contributed by atoms with van der Waals surface area (Å²) in [4.78, 5) is 2.50. The Kier molecular flexibility index (Phi) is 9.35. The molecule has 0 saturated heterocycles. The summed E-state index contributed by atoms with van der Waals surface area (Å²) in [7, 11) is 0. The molecule has 0 atom stereocenters.